The van der Waals surface area contributed by atoms with Crippen LogP contribution in [0.2, 0.25) is 0 Å². The van der Waals surface area contributed by atoms with Crippen molar-refractivity contribution in [3.05, 3.63) is 58.7 Å². The van der Waals surface area contributed by atoms with Gasteiger partial charge in [0, 0.05) is 11.7 Å². The van der Waals surface area contributed by atoms with E-state index in [4.69, 9.17) is 9.47 Å². The number of methoxy groups -OCH3 is 2. The van der Waals surface area contributed by atoms with E-state index in [1.54, 1.807) is 14.2 Å². The molecule has 0 bridgehead atoms. The largest absolute Gasteiger partial charge is 0.493 e. The molecule has 1 aliphatic rings. The topological polar surface area (TPSA) is 30.5 Å². The molecule has 3 rings (SSSR count). The van der Waals surface area contributed by atoms with Crippen molar-refractivity contribution in [3.63, 3.8) is 0 Å². The molecule has 0 saturated carbocycles. The van der Waals surface area contributed by atoms with Gasteiger partial charge < -0.3 is 14.8 Å². The van der Waals surface area contributed by atoms with E-state index in [1.165, 1.54) is 22.3 Å². The van der Waals surface area contributed by atoms with Gasteiger partial charge >= 0.3 is 0 Å². The summed E-state index contributed by atoms with van der Waals surface area (Å²) in [6.45, 7) is 4.26. The summed E-state index contributed by atoms with van der Waals surface area (Å²) >= 11 is 0. The molecule has 2 aromatic rings. The summed E-state index contributed by atoms with van der Waals surface area (Å²) in [4.78, 5) is 0. The third-order valence-corrected chi connectivity index (χ3v) is 4.09. The highest BCUT2D eigenvalue weighted by Gasteiger charge is 2.20. The fourth-order valence-electron chi connectivity index (χ4n) is 2.82. The summed E-state index contributed by atoms with van der Waals surface area (Å²) in [5.41, 5.74) is 5.97. The molecule has 1 aliphatic heterocycles. The van der Waals surface area contributed by atoms with Gasteiger partial charge in [0.25, 0.3) is 0 Å². The Kier molecular flexibility index (Phi) is 5.22. The van der Waals surface area contributed by atoms with Crippen molar-refractivity contribution in [2.75, 3.05) is 14.2 Å². The Morgan fingerprint density at radius 3 is 2.17 bits per heavy atom. The molecule has 3 nitrogen and oxygen atoms in total. The highest BCUT2D eigenvalue weighted by Crippen LogP contribution is 2.37. The van der Waals surface area contributed by atoms with Crippen molar-refractivity contribution in [1.82, 2.24) is 5.32 Å². The van der Waals surface area contributed by atoms with Crippen LogP contribution in [0.25, 0.3) is 11.8 Å². The highest BCUT2D eigenvalue weighted by atomic mass is 35.5. The molecule has 1 N–H and O–H groups in total. The van der Waals surface area contributed by atoms with E-state index >= 15 is 0 Å². The molecular weight excluding hydrogens is 310 g/mol. The zero-order chi connectivity index (χ0) is 15.7. The van der Waals surface area contributed by atoms with Gasteiger partial charge in [-0.05, 0) is 48.7 Å². The molecule has 1 unspecified atom stereocenters. The number of nitrogens with one attached hydrogen (secondary N) is 1. The number of rotatable bonds is 3. The number of ether oxygens (including phenoxy) is 2. The number of aryl methyl sites for hydroxylation is 1. The molecule has 1 atom stereocenters. The van der Waals surface area contributed by atoms with Gasteiger partial charge in [-0.3, -0.25) is 0 Å². The van der Waals surface area contributed by atoms with Crippen molar-refractivity contribution in [2.24, 2.45) is 0 Å². The average molecular weight is 332 g/mol. The van der Waals surface area contributed by atoms with Crippen LogP contribution >= 0.6 is 12.4 Å². The van der Waals surface area contributed by atoms with Crippen LogP contribution in [0.1, 0.15) is 35.2 Å². The first kappa shape index (κ1) is 17.2. The first-order valence-electron chi connectivity index (χ1n) is 7.43. The lowest BCUT2D eigenvalue weighted by Gasteiger charge is -2.26. The van der Waals surface area contributed by atoms with Crippen LogP contribution in [0.15, 0.2) is 36.4 Å². The molecule has 0 saturated heterocycles. The molecule has 4 heteroatoms. The molecule has 0 aromatic heterocycles. The highest BCUT2D eigenvalue weighted by molar-refractivity contribution is 5.85. The van der Waals surface area contributed by atoms with E-state index in [0.29, 0.717) is 0 Å². The maximum absolute atomic E-state index is 5.42. The number of fused-ring (bicyclic) bond motifs is 1. The van der Waals surface area contributed by atoms with Crippen LogP contribution in [0, 0.1) is 6.92 Å². The summed E-state index contributed by atoms with van der Waals surface area (Å²) in [6.07, 6.45) is 2.17. The van der Waals surface area contributed by atoms with E-state index in [2.05, 4.69) is 49.5 Å². The van der Waals surface area contributed by atoms with Crippen molar-refractivity contribution >= 4 is 24.2 Å². The fraction of sp³-hybridized carbons (Fsp3) is 0.263. The van der Waals surface area contributed by atoms with Crippen molar-refractivity contribution in [1.29, 1.82) is 0 Å². The quantitative estimate of drug-likeness (QED) is 0.891. The van der Waals surface area contributed by atoms with Gasteiger partial charge in [-0.2, -0.15) is 0 Å². The number of benzene rings is 2. The molecule has 0 spiro atoms. The van der Waals surface area contributed by atoms with E-state index in [9.17, 15) is 0 Å². The Morgan fingerprint density at radius 2 is 1.57 bits per heavy atom. The molecule has 1 heterocycles. The van der Waals surface area contributed by atoms with E-state index in [1.807, 2.05) is 12.1 Å². The number of hydrogen-bond acceptors (Lipinski definition) is 3. The lowest BCUT2D eigenvalue weighted by molar-refractivity contribution is 0.354. The zero-order valence-electron chi connectivity index (χ0n) is 13.8. The summed E-state index contributed by atoms with van der Waals surface area (Å²) in [5, 5.41) is 3.56. The first-order valence-corrected chi connectivity index (χ1v) is 7.43. The minimum Gasteiger partial charge on any atom is -0.493 e. The van der Waals surface area contributed by atoms with Crippen molar-refractivity contribution < 1.29 is 9.47 Å². The van der Waals surface area contributed by atoms with Crippen LogP contribution < -0.4 is 14.8 Å². The van der Waals surface area contributed by atoms with Crippen LogP contribution in [0.3, 0.4) is 0 Å². The lowest BCUT2D eigenvalue weighted by atomic mass is 9.94. The molecular formula is C19H22ClNO2. The first-order chi connectivity index (χ1) is 10.6. The van der Waals surface area contributed by atoms with Gasteiger partial charge in [-0.15, -0.1) is 12.4 Å². The van der Waals surface area contributed by atoms with E-state index < -0.39 is 0 Å². The van der Waals surface area contributed by atoms with Crippen LogP contribution in [-0.2, 0) is 0 Å². The number of halogens is 1. The summed E-state index contributed by atoms with van der Waals surface area (Å²) < 4.78 is 10.8. The normalized spacial score (nSPS) is 15.7. The van der Waals surface area contributed by atoms with Gasteiger partial charge in [-0.1, -0.05) is 29.8 Å². The third kappa shape index (κ3) is 3.30. The standard InChI is InChI=1S/C19H21NO2.ClH/c1-12-5-7-14(8-6-12)17-9-15-10-18(21-3)19(22-4)11-16(15)13(2)20-17;/h5-11,13,20H,1-4H3;1H. The van der Waals surface area contributed by atoms with Gasteiger partial charge in [0.05, 0.1) is 14.2 Å². The SMILES string of the molecule is COc1cc2c(cc1OC)C(C)NC(c1ccc(C)cc1)=C2.Cl. The van der Waals surface area contributed by atoms with Crippen molar-refractivity contribution in [3.8, 4) is 11.5 Å². The Bertz CT molecular complexity index is 723. The summed E-state index contributed by atoms with van der Waals surface area (Å²) in [5.74, 6) is 1.52. The van der Waals surface area contributed by atoms with E-state index in [-0.39, 0.29) is 18.4 Å². The predicted molar refractivity (Wildman–Crippen MR) is 97.4 cm³/mol. The number of hydrogen-bond donors (Lipinski definition) is 1. The molecule has 23 heavy (non-hydrogen) atoms. The fourth-order valence-corrected chi connectivity index (χ4v) is 2.82. The molecule has 122 valence electrons. The Labute approximate surface area is 143 Å². The van der Waals surface area contributed by atoms with Crippen LogP contribution in [-0.4, -0.2) is 14.2 Å². The average Bonchev–Trinajstić information content (AvgIpc) is 2.54. The molecule has 0 aliphatic carbocycles. The van der Waals surface area contributed by atoms with Crippen molar-refractivity contribution in [2.45, 2.75) is 19.9 Å². The predicted octanol–water partition coefficient (Wildman–Crippen LogP) is 4.60. The minimum atomic E-state index is 0. The molecule has 0 radical (unpaired) electrons. The maximum atomic E-state index is 5.42. The second-order valence-corrected chi connectivity index (χ2v) is 5.63. The van der Waals surface area contributed by atoms with E-state index in [0.717, 1.165) is 17.2 Å². The monoisotopic (exact) mass is 331 g/mol. The minimum absolute atomic E-state index is 0. The Hall–Kier alpha value is -2.13. The molecule has 0 fully saturated rings. The van der Waals surface area contributed by atoms with Gasteiger partial charge in [0.1, 0.15) is 0 Å². The molecule has 0 amide bonds. The lowest BCUT2D eigenvalue weighted by Crippen LogP contribution is -2.21. The summed E-state index contributed by atoms with van der Waals surface area (Å²) in [6, 6.07) is 12.9. The van der Waals surface area contributed by atoms with Gasteiger partial charge in [0.2, 0.25) is 0 Å². The zero-order valence-corrected chi connectivity index (χ0v) is 14.7. The smallest absolute Gasteiger partial charge is 0.161 e. The molecule has 2 aromatic carbocycles. The van der Waals surface area contributed by atoms with Crippen LogP contribution in [0.4, 0.5) is 0 Å². The maximum Gasteiger partial charge on any atom is 0.161 e. The van der Waals surface area contributed by atoms with Crippen LogP contribution in [0.5, 0.6) is 11.5 Å². The van der Waals surface area contributed by atoms with Gasteiger partial charge in [0.15, 0.2) is 11.5 Å². The Balaban J connectivity index is 0.00000192. The third-order valence-electron chi connectivity index (χ3n) is 4.09. The second kappa shape index (κ2) is 6.97. The summed E-state index contributed by atoms with van der Waals surface area (Å²) in [7, 11) is 3.33. The second-order valence-electron chi connectivity index (χ2n) is 5.63. The van der Waals surface area contributed by atoms with Gasteiger partial charge in [-0.25, -0.2) is 0 Å². The Morgan fingerprint density at radius 1 is 0.957 bits per heavy atom.